The van der Waals surface area contributed by atoms with Gasteiger partial charge in [0.2, 0.25) is 0 Å². The Bertz CT molecular complexity index is 882. The van der Waals surface area contributed by atoms with Gasteiger partial charge in [0, 0.05) is 56.1 Å². The molecule has 0 saturated carbocycles. The lowest BCUT2D eigenvalue weighted by atomic mass is 10.2. The molecule has 0 bridgehead atoms. The molecular formula is C24H29FN4O4. The summed E-state index contributed by atoms with van der Waals surface area (Å²) < 4.78 is 12.1. The summed E-state index contributed by atoms with van der Waals surface area (Å²) in [6, 6.07) is 10.8. The van der Waals surface area contributed by atoms with Crippen LogP contribution in [0.3, 0.4) is 0 Å². The van der Waals surface area contributed by atoms with E-state index in [0.717, 1.165) is 43.0 Å². The van der Waals surface area contributed by atoms with Crippen LogP contribution >= 0.6 is 0 Å². The van der Waals surface area contributed by atoms with Gasteiger partial charge < -0.3 is 10.2 Å². The third kappa shape index (κ3) is 13.0. The molecule has 1 N–H and O–H groups in total. The van der Waals surface area contributed by atoms with E-state index in [1.54, 1.807) is 24.3 Å². The summed E-state index contributed by atoms with van der Waals surface area (Å²) in [5.74, 6) is -0.467. The number of nitro benzene ring substituents is 2. The number of anilines is 1. The van der Waals surface area contributed by atoms with Gasteiger partial charge in [0.15, 0.2) is 0 Å². The van der Waals surface area contributed by atoms with Gasteiger partial charge in [0.05, 0.1) is 9.85 Å². The smallest absolute Gasteiger partial charge is 0.269 e. The molecule has 0 atom stereocenters. The van der Waals surface area contributed by atoms with E-state index < -0.39 is 15.7 Å². The molecule has 0 aliphatic carbocycles. The maximum Gasteiger partial charge on any atom is 0.269 e. The highest BCUT2D eigenvalue weighted by Crippen LogP contribution is 2.19. The number of rotatable bonds is 11. The fourth-order valence-electron chi connectivity index (χ4n) is 2.23. The van der Waals surface area contributed by atoms with Crippen molar-refractivity contribution in [3.05, 3.63) is 125 Å². The minimum absolute atomic E-state index is 0.0959. The van der Waals surface area contributed by atoms with Crippen molar-refractivity contribution in [1.82, 2.24) is 5.32 Å². The SMILES string of the molecule is C=CCN(CC=C)c1ccc([N+](=O)[O-])cc1.C=CCNCC=C.O=[N+]([O-])c1ccc(F)cc1. The van der Waals surface area contributed by atoms with Crippen LogP contribution in [-0.4, -0.2) is 36.0 Å². The average Bonchev–Trinajstić information content (AvgIpc) is 2.80. The normalized spacial score (nSPS) is 9.12. The lowest BCUT2D eigenvalue weighted by Crippen LogP contribution is -2.22. The highest BCUT2D eigenvalue weighted by Gasteiger charge is 2.07. The molecule has 2 aromatic rings. The van der Waals surface area contributed by atoms with Gasteiger partial charge in [0.1, 0.15) is 5.82 Å². The van der Waals surface area contributed by atoms with E-state index in [0.29, 0.717) is 13.1 Å². The Labute approximate surface area is 193 Å². The van der Waals surface area contributed by atoms with Crippen molar-refractivity contribution in [3.63, 3.8) is 0 Å². The first-order chi connectivity index (χ1) is 15.8. The number of nitrogens with one attached hydrogen (secondary N) is 1. The van der Waals surface area contributed by atoms with Crippen LogP contribution in [0.4, 0.5) is 21.5 Å². The van der Waals surface area contributed by atoms with Crippen molar-refractivity contribution >= 4 is 17.1 Å². The molecule has 0 aliphatic rings. The fraction of sp³-hybridized carbons (Fsp3) is 0.167. The van der Waals surface area contributed by atoms with Crippen LogP contribution in [0.25, 0.3) is 0 Å². The van der Waals surface area contributed by atoms with Gasteiger partial charge in [-0.2, -0.15) is 0 Å². The van der Waals surface area contributed by atoms with E-state index in [2.05, 4.69) is 31.6 Å². The standard InChI is InChI=1S/C12H14N2O2.C6H4FNO2.C6H11N/c1-3-9-13(10-4-2)11-5-7-12(8-6-11)14(15)16;7-5-1-3-6(4-2-5)8(9)10;1-3-5-7-6-4-2/h3-8H,1-2,9-10H2;1-4H;3-4,7H,1-2,5-6H2. The van der Waals surface area contributed by atoms with E-state index in [4.69, 9.17) is 0 Å². The summed E-state index contributed by atoms with van der Waals surface area (Å²) in [7, 11) is 0. The highest BCUT2D eigenvalue weighted by atomic mass is 19.1. The van der Waals surface area contributed by atoms with Crippen molar-refractivity contribution in [1.29, 1.82) is 0 Å². The summed E-state index contributed by atoms with van der Waals surface area (Å²) in [5.41, 5.74) is 0.924. The second-order valence-electron chi connectivity index (χ2n) is 6.22. The van der Waals surface area contributed by atoms with Gasteiger partial charge in [-0.05, 0) is 24.3 Å². The van der Waals surface area contributed by atoms with Gasteiger partial charge in [-0.25, -0.2) is 4.39 Å². The van der Waals surface area contributed by atoms with Gasteiger partial charge in [-0.15, -0.1) is 26.3 Å². The first-order valence-electron chi connectivity index (χ1n) is 9.84. The molecule has 0 saturated heterocycles. The Morgan fingerprint density at radius 2 is 1.15 bits per heavy atom. The third-order valence-electron chi connectivity index (χ3n) is 3.74. The molecular weight excluding hydrogens is 427 g/mol. The zero-order valence-corrected chi connectivity index (χ0v) is 18.4. The number of nitro groups is 2. The number of halogens is 1. The zero-order chi connectivity index (χ0) is 25.1. The molecule has 0 unspecified atom stereocenters. The second-order valence-corrected chi connectivity index (χ2v) is 6.22. The summed E-state index contributed by atoms with van der Waals surface area (Å²) >= 11 is 0. The van der Waals surface area contributed by atoms with Gasteiger partial charge in [-0.3, -0.25) is 20.2 Å². The van der Waals surface area contributed by atoms with Crippen LogP contribution in [0, 0.1) is 26.0 Å². The average molecular weight is 457 g/mol. The predicted molar refractivity (Wildman–Crippen MR) is 132 cm³/mol. The summed E-state index contributed by atoms with van der Waals surface area (Å²) in [6.45, 7) is 17.5. The minimum atomic E-state index is -0.570. The van der Waals surface area contributed by atoms with Crippen LogP contribution in [0.15, 0.2) is 99.2 Å². The molecule has 9 heteroatoms. The number of nitrogens with zero attached hydrogens (tertiary/aromatic N) is 3. The monoisotopic (exact) mass is 456 g/mol. The minimum Gasteiger partial charge on any atom is -0.364 e. The Kier molecular flexibility index (Phi) is 15.4. The van der Waals surface area contributed by atoms with Gasteiger partial charge in [-0.1, -0.05) is 24.3 Å². The molecule has 33 heavy (non-hydrogen) atoms. The molecule has 0 radical (unpaired) electrons. The maximum absolute atomic E-state index is 12.1. The van der Waals surface area contributed by atoms with E-state index in [1.807, 2.05) is 17.1 Å². The molecule has 8 nitrogen and oxygen atoms in total. The summed E-state index contributed by atoms with van der Waals surface area (Å²) in [4.78, 5) is 21.5. The number of hydrogen-bond donors (Lipinski definition) is 1. The first kappa shape index (κ1) is 28.9. The lowest BCUT2D eigenvalue weighted by molar-refractivity contribution is -0.385. The lowest BCUT2D eigenvalue weighted by Gasteiger charge is -2.21. The number of benzene rings is 2. The van der Waals surface area contributed by atoms with E-state index in [1.165, 1.54) is 12.1 Å². The molecule has 0 amide bonds. The number of non-ortho nitro benzene ring substituents is 2. The Balaban J connectivity index is 0.000000514. The molecule has 2 rings (SSSR count). The Morgan fingerprint density at radius 3 is 1.48 bits per heavy atom. The summed E-state index contributed by atoms with van der Waals surface area (Å²) in [5, 5.41) is 23.5. The summed E-state index contributed by atoms with van der Waals surface area (Å²) in [6.07, 6.45) is 7.21. The third-order valence-corrected chi connectivity index (χ3v) is 3.74. The topological polar surface area (TPSA) is 102 Å². The Morgan fingerprint density at radius 1 is 0.758 bits per heavy atom. The molecule has 0 aromatic heterocycles. The Hall–Kier alpha value is -4.11. The van der Waals surface area contributed by atoms with E-state index in [9.17, 15) is 24.6 Å². The largest absolute Gasteiger partial charge is 0.364 e. The fourth-order valence-corrected chi connectivity index (χ4v) is 2.23. The quantitative estimate of drug-likeness (QED) is 0.209. The van der Waals surface area contributed by atoms with Crippen molar-refractivity contribution < 1.29 is 14.2 Å². The molecule has 2 aromatic carbocycles. The molecule has 0 spiro atoms. The van der Waals surface area contributed by atoms with Gasteiger partial charge >= 0.3 is 0 Å². The van der Waals surface area contributed by atoms with Crippen LogP contribution in [-0.2, 0) is 0 Å². The molecule has 0 fully saturated rings. The van der Waals surface area contributed by atoms with E-state index in [-0.39, 0.29) is 11.4 Å². The van der Waals surface area contributed by atoms with E-state index >= 15 is 0 Å². The van der Waals surface area contributed by atoms with Crippen LogP contribution < -0.4 is 10.2 Å². The highest BCUT2D eigenvalue weighted by molar-refractivity contribution is 5.51. The van der Waals surface area contributed by atoms with Gasteiger partial charge in [0.25, 0.3) is 11.4 Å². The van der Waals surface area contributed by atoms with Crippen LogP contribution in [0.2, 0.25) is 0 Å². The predicted octanol–water partition coefficient (Wildman–Crippen LogP) is 5.46. The van der Waals surface area contributed by atoms with Crippen molar-refractivity contribution in [2.75, 3.05) is 31.1 Å². The van der Waals surface area contributed by atoms with Crippen molar-refractivity contribution in [2.24, 2.45) is 0 Å². The maximum atomic E-state index is 12.1. The van der Waals surface area contributed by atoms with Crippen LogP contribution in [0.5, 0.6) is 0 Å². The van der Waals surface area contributed by atoms with Crippen molar-refractivity contribution in [2.45, 2.75) is 0 Å². The molecule has 176 valence electrons. The zero-order valence-electron chi connectivity index (χ0n) is 18.4. The molecule has 0 aliphatic heterocycles. The first-order valence-corrected chi connectivity index (χ1v) is 9.84. The van der Waals surface area contributed by atoms with Crippen molar-refractivity contribution in [3.8, 4) is 0 Å². The number of hydrogen-bond acceptors (Lipinski definition) is 6. The molecule has 0 heterocycles. The second kappa shape index (κ2) is 17.6. The van der Waals surface area contributed by atoms with Crippen LogP contribution in [0.1, 0.15) is 0 Å².